The van der Waals surface area contributed by atoms with Crippen LogP contribution in [0.15, 0.2) is 12.5 Å². The molecule has 0 radical (unpaired) electrons. The van der Waals surface area contributed by atoms with Crippen molar-refractivity contribution in [1.29, 1.82) is 0 Å². The molecule has 1 saturated heterocycles. The summed E-state index contributed by atoms with van der Waals surface area (Å²) in [4.78, 5) is 13.0. The van der Waals surface area contributed by atoms with E-state index in [4.69, 9.17) is 0 Å². The van der Waals surface area contributed by atoms with Crippen molar-refractivity contribution in [2.75, 3.05) is 38.6 Å². The van der Waals surface area contributed by atoms with Crippen molar-refractivity contribution in [3.63, 3.8) is 0 Å². The highest BCUT2D eigenvalue weighted by atomic mass is 127. The van der Waals surface area contributed by atoms with Crippen LogP contribution in [0.5, 0.6) is 0 Å². The summed E-state index contributed by atoms with van der Waals surface area (Å²) in [5.41, 5.74) is 0. The lowest BCUT2D eigenvalue weighted by Crippen LogP contribution is -2.28. The third-order valence-corrected chi connectivity index (χ3v) is 3.79. The Morgan fingerprint density at radius 2 is 2.44 bits per heavy atom. The number of aromatic nitrogens is 2. The second-order valence-electron chi connectivity index (χ2n) is 4.49. The topological polar surface area (TPSA) is 32.3 Å². The normalized spacial score (nSPS) is 21.3. The Morgan fingerprint density at radius 3 is 3.06 bits per heavy atom. The molecule has 0 N–H and O–H groups in total. The zero-order valence-electron chi connectivity index (χ0n) is 9.73. The van der Waals surface area contributed by atoms with Crippen LogP contribution in [0.25, 0.3) is 0 Å². The minimum Gasteiger partial charge on any atom is -0.358 e. The van der Waals surface area contributed by atoms with E-state index in [0.717, 1.165) is 21.9 Å². The van der Waals surface area contributed by atoms with E-state index >= 15 is 0 Å². The van der Waals surface area contributed by atoms with Gasteiger partial charge < -0.3 is 9.80 Å². The SMILES string of the molecule is CN1CCC(CN(C)c2ncncc2I)C1. The number of hydrogen-bond acceptors (Lipinski definition) is 4. The molecule has 1 unspecified atom stereocenters. The molecule has 1 aromatic rings. The fourth-order valence-corrected chi connectivity index (χ4v) is 2.95. The largest absolute Gasteiger partial charge is 0.358 e. The van der Waals surface area contributed by atoms with Crippen LogP contribution in [0.3, 0.4) is 0 Å². The van der Waals surface area contributed by atoms with Crippen molar-refractivity contribution in [2.45, 2.75) is 6.42 Å². The Kier molecular flexibility index (Phi) is 3.96. The van der Waals surface area contributed by atoms with E-state index in [-0.39, 0.29) is 0 Å². The molecule has 0 bridgehead atoms. The molecule has 1 aliphatic heterocycles. The summed E-state index contributed by atoms with van der Waals surface area (Å²) < 4.78 is 1.12. The van der Waals surface area contributed by atoms with Crippen LogP contribution in [0.1, 0.15) is 6.42 Å². The molecular weight excluding hydrogens is 315 g/mol. The fraction of sp³-hybridized carbons (Fsp3) is 0.636. The quantitative estimate of drug-likeness (QED) is 0.785. The predicted octanol–water partition coefficient (Wildman–Crippen LogP) is 1.47. The molecule has 0 aliphatic carbocycles. The molecular formula is C11H17IN4. The summed E-state index contributed by atoms with van der Waals surface area (Å²) in [6, 6.07) is 0. The first-order chi connectivity index (χ1) is 7.66. The first-order valence-corrected chi connectivity index (χ1v) is 6.60. The van der Waals surface area contributed by atoms with Crippen LogP contribution in [-0.4, -0.2) is 48.6 Å². The maximum absolute atomic E-state index is 4.33. The van der Waals surface area contributed by atoms with Gasteiger partial charge in [-0.1, -0.05) is 0 Å². The molecule has 2 rings (SSSR count). The molecule has 0 aromatic carbocycles. The number of halogens is 1. The Labute approximate surface area is 110 Å². The molecule has 5 heteroatoms. The molecule has 1 aliphatic rings. The maximum atomic E-state index is 4.33. The van der Waals surface area contributed by atoms with E-state index in [1.54, 1.807) is 6.33 Å². The number of nitrogens with zero attached hydrogens (tertiary/aromatic N) is 4. The van der Waals surface area contributed by atoms with Crippen molar-refractivity contribution in [1.82, 2.24) is 14.9 Å². The van der Waals surface area contributed by atoms with Crippen molar-refractivity contribution >= 4 is 28.4 Å². The zero-order chi connectivity index (χ0) is 11.5. The van der Waals surface area contributed by atoms with Gasteiger partial charge >= 0.3 is 0 Å². The molecule has 4 nitrogen and oxygen atoms in total. The molecule has 16 heavy (non-hydrogen) atoms. The van der Waals surface area contributed by atoms with Crippen LogP contribution < -0.4 is 4.90 Å². The van der Waals surface area contributed by atoms with Gasteiger partial charge in [0.15, 0.2) is 0 Å². The van der Waals surface area contributed by atoms with Crippen molar-refractivity contribution in [2.24, 2.45) is 5.92 Å². The molecule has 0 saturated carbocycles. The standard InChI is InChI=1S/C11H17IN4/c1-15-4-3-9(6-15)7-16(2)11-10(12)5-13-8-14-11/h5,8-9H,3-4,6-7H2,1-2H3. The summed E-state index contributed by atoms with van der Waals surface area (Å²) in [6.45, 7) is 3.50. The maximum Gasteiger partial charge on any atom is 0.145 e. The van der Waals surface area contributed by atoms with Gasteiger partial charge in [-0.15, -0.1) is 0 Å². The van der Waals surface area contributed by atoms with Gasteiger partial charge in [0.05, 0.1) is 3.57 Å². The van der Waals surface area contributed by atoms with Gasteiger partial charge in [-0.05, 0) is 48.5 Å². The summed E-state index contributed by atoms with van der Waals surface area (Å²) >= 11 is 2.29. The Morgan fingerprint density at radius 1 is 1.62 bits per heavy atom. The van der Waals surface area contributed by atoms with Gasteiger partial charge in [-0.2, -0.15) is 0 Å². The second kappa shape index (κ2) is 5.27. The van der Waals surface area contributed by atoms with Gasteiger partial charge in [0, 0.05) is 26.3 Å². The highest BCUT2D eigenvalue weighted by Crippen LogP contribution is 2.21. The third kappa shape index (κ3) is 2.82. The molecule has 2 heterocycles. The number of likely N-dealkylation sites (tertiary alicyclic amines) is 1. The molecule has 0 amide bonds. The molecule has 1 aromatic heterocycles. The first kappa shape index (κ1) is 12.0. The lowest BCUT2D eigenvalue weighted by Gasteiger charge is -2.22. The van der Waals surface area contributed by atoms with Crippen LogP contribution in [0.2, 0.25) is 0 Å². The average Bonchev–Trinajstić information content (AvgIpc) is 2.64. The van der Waals surface area contributed by atoms with Crippen LogP contribution in [-0.2, 0) is 0 Å². The van der Waals surface area contributed by atoms with Gasteiger partial charge in [0.1, 0.15) is 12.1 Å². The Hall–Kier alpha value is -0.430. The predicted molar refractivity (Wildman–Crippen MR) is 73.6 cm³/mol. The zero-order valence-corrected chi connectivity index (χ0v) is 11.9. The lowest BCUT2D eigenvalue weighted by atomic mass is 10.1. The molecule has 1 atom stereocenters. The minimum atomic E-state index is 0.765. The number of rotatable bonds is 3. The van der Waals surface area contributed by atoms with E-state index in [1.165, 1.54) is 19.5 Å². The van der Waals surface area contributed by atoms with Crippen molar-refractivity contribution < 1.29 is 0 Å². The molecule has 0 spiro atoms. The number of anilines is 1. The van der Waals surface area contributed by atoms with E-state index in [0.29, 0.717) is 0 Å². The van der Waals surface area contributed by atoms with E-state index in [1.807, 2.05) is 6.20 Å². The van der Waals surface area contributed by atoms with Crippen LogP contribution in [0.4, 0.5) is 5.82 Å². The summed E-state index contributed by atoms with van der Waals surface area (Å²) in [6.07, 6.45) is 4.78. The fourth-order valence-electron chi connectivity index (χ4n) is 2.24. The summed E-state index contributed by atoms with van der Waals surface area (Å²) in [5, 5.41) is 0. The van der Waals surface area contributed by atoms with E-state index in [2.05, 4.69) is 56.5 Å². The average molecular weight is 332 g/mol. The van der Waals surface area contributed by atoms with Gasteiger partial charge in [0.25, 0.3) is 0 Å². The summed E-state index contributed by atoms with van der Waals surface area (Å²) in [5.74, 6) is 1.81. The second-order valence-corrected chi connectivity index (χ2v) is 5.65. The van der Waals surface area contributed by atoms with Gasteiger partial charge in [-0.25, -0.2) is 9.97 Å². The number of hydrogen-bond donors (Lipinski definition) is 0. The van der Waals surface area contributed by atoms with E-state index < -0.39 is 0 Å². The van der Waals surface area contributed by atoms with Crippen molar-refractivity contribution in [3.05, 3.63) is 16.1 Å². The van der Waals surface area contributed by atoms with E-state index in [9.17, 15) is 0 Å². The molecule has 88 valence electrons. The Balaban J connectivity index is 1.98. The third-order valence-electron chi connectivity index (χ3n) is 3.03. The van der Waals surface area contributed by atoms with Crippen LogP contribution >= 0.6 is 22.6 Å². The lowest BCUT2D eigenvalue weighted by molar-refractivity contribution is 0.395. The minimum absolute atomic E-state index is 0.765. The smallest absolute Gasteiger partial charge is 0.145 e. The van der Waals surface area contributed by atoms with Gasteiger partial charge in [0.2, 0.25) is 0 Å². The molecule has 1 fully saturated rings. The van der Waals surface area contributed by atoms with Crippen molar-refractivity contribution in [3.8, 4) is 0 Å². The Bertz CT molecular complexity index is 358. The first-order valence-electron chi connectivity index (χ1n) is 5.52. The van der Waals surface area contributed by atoms with Gasteiger partial charge in [-0.3, -0.25) is 0 Å². The highest BCUT2D eigenvalue weighted by molar-refractivity contribution is 14.1. The monoisotopic (exact) mass is 332 g/mol. The highest BCUT2D eigenvalue weighted by Gasteiger charge is 2.21. The summed E-state index contributed by atoms with van der Waals surface area (Å²) in [7, 11) is 4.30. The van der Waals surface area contributed by atoms with Crippen LogP contribution in [0, 0.1) is 9.49 Å².